The van der Waals surface area contributed by atoms with Gasteiger partial charge in [-0.15, -0.1) is 0 Å². The van der Waals surface area contributed by atoms with E-state index in [1.54, 1.807) is 0 Å². The number of carbonyl (C=O) groups is 1. The van der Waals surface area contributed by atoms with Crippen molar-refractivity contribution in [2.24, 2.45) is 5.29 Å². The van der Waals surface area contributed by atoms with Crippen molar-refractivity contribution < 1.29 is 9.83 Å². The first kappa shape index (κ1) is 8.27. The quantitative estimate of drug-likeness (QED) is 0.323. The van der Waals surface area contributed by atoms with Gasteiger partial charge in [0.2, 0.25) is 0 Å². The molecule has 0 aliphatic rings. The standard InChI is InChI=1S/C2H4N4O4/c1-3-2(7)5(4-8)6(9)10/h1H3,(H,3,7). The molecule has 2 amide bonds. The summed E-state index contributed by atoms with van der Waals surface area (Å²) in [6.07, 6.45) is 0. The minimum atomic E-state index is -1.23. The zero-order valence-corrected chi connectivity index (χ0v) is 4.97. The molecule has 0 aliphatic heterocycles. The van der Waals surface area contributed by atoms with Crippen molar-refractivity contribution in [1.82, 2.24) is 10.4 Å². The van der Waals surface area contributed by atoms with Crippen molar-refractivity contribution in [2.45, 2.75) is 0 Å². The van der Waals surface area contributed by atoms with E-state index < -0.39 is 16.2 Å². The number of amides is 2. The molecule has 8 nitrogen and oxygen atoms in total. The number of nitro groups is 1. The van der Waals surface area contributed by atoms with Gasteiger partial charge in [-0.2, -0.15) is 0 Å². The van der Waals surface area contributed by atoms with Gasteiger partial charge in [-0.05, 0) is 0 Å². The Labute approximate surface area is 54.9 Å². The minimum Gasteiger partial charge on any atom is -0.339 e. The Balaban J connectivity index is 4.20. The van der Waals surface area contributed by atoms with Crippen LogP contribution in [-0.2, 0) is 0 Å². The monoisotopic (exact) mass is 148 g/mol. The fourth-order valence-electron chi connectivity index (χ4n) is 0.241. The highest BCUT2D eigenvalue weighted by molar-refractivity contribution is 5.71. The van der Waals surface area contributed by atoms with Crippen molar-refractivity contribution in [2.75, 3.05) is 7.05 Å². The zero-order chi connectivity index (χ0) is 8.15. The Morgan fingerprint density at radius 2 is 2.30 bits per heavy atom. The fourth-order valence-corrected chi connectivity index (χ4v) is 0.241. The van der Waals surface area contributed by atoms with Crippen molar-refractivity contribution in [3.8, 4) is 0 Å². The third-order valence-electron chi connectivity index (χ3n) is 0.628. The van der Waals surface area contributed by atoms with Crippen LogP contribution in [0.25, 0.3) is 0 Å². The molecule has 8 heteroatoms. The highest BCUT2D eigenvalue weighted by Crippen LogP contribution is 1.87. The first-order valence-electron chi connectivity index (χ1n) is 2.13. The van der Waals surface area contributed by atoms with Gasteiger partial charge in [0, 0.05) is 12.0 Å². The Morgan fingerprint density at radius 3 is 2.40 bits per heavy atom. The summed E-state index contributed by atoms with van der Waals surface area (Å²) < 4.78 is 0. The third-order valence-corrected chi connectivity index (χ3v) is 0.628. The summed E-state index contributed by atoms with van der Waals surface area (Å²) in [6.45, 7) is 0. The van der Waals surface area contributed by atoms with Crippen LogP contribution in [-0.4, -0.2) is 23.2 Å². The second kappa shape index (κ2) is 3.33. The van der Waals surface area contributed by atoms with Crippen LogP contribution in [0.5, 0.6) is 0 Å². The predicted molar refractivity (Wildman–Crippen MR) is 29.1 cm³/mol. The molecule has 0 heterocycles. The Bertz CT molecular complexity index is 167. The summed E-state index contributed by atoms with van der Waals surface area (Å²) in [4.78, 5) is 29.5. The molecule has 10 heavy (non-hydrogen) atoms. The second-order valence-corrected chi connectivity index (χ2v) is 1.16. The van der Waals surface area contributed by atoms with Crippen LogP contribution in [0.4, 0.5) is 4.79 Å². The van der Waals surface area contributed by atoms with E-state index in [4.69, 9.17) is 0 Å². The molecule has 0 spiro atoms. The van der Waals surface area contributed by atoms with Gasteiger partial charge in [-0.1, -0.05) is 0 Å². The van der Waals surface area contributed by atoms with Crippen LogP contribution in [0, 0.1) is 15.0 Å². The average molecular weight is 148 g/mol. The van der Waals surface area contributed by atoms with Crippen molar-refractivity contribution in [1.29, 1.82) is 0 Å². The molecule has 0 aromatic carbocycles. The smallest absolute Gasteiger partial charge is 0.339 e. The lowest BCUT2D eigenvalue weighted by molar-refractivity contribution is -0.634. The topological polar surface area (TPSA) is 105 Å². The van der Waals surface area contributed by atoms with Crippen LogP contribution in [0.1, 0.15) is 0 Å². The van der Waals surface area contributed by atoms with Gasteiger partial charge in [0.1, 0.15) is 5.12 Å². The van der Waals surface area contributed by atoms with Crippen LogP contribution in [0.3, 0.4) is 0 Å². The third kappa shape index (κ3) is 1.65. The minimum absolute atomic E-state index is 0.444. The summed E-state index contributed by atoms with van der Waals surface area (Å²) in [5.41, 5.74) is 0. The number of urea groups is 1. The van der Waals surface area contributed by atoms with Crippen molar-refractivity contribution in [3.63, 3.8) is 0 Å². The SMILES string of the molecule is CNC(=O)N(N=O)[N+](=O)[O-]. The summed E-state index contributed by atoms with van der Waals surface area (Å²) >= 11 is 0. The first-order valence-corrected chi connectivity index (χ1v) is 2.13. The Morgan fingerprint density at radius 1 is 1.80 bits per heavy atom. The lowest BCUT2D eigenvalue weighted by Crippen LogP contribution is -2.37. The average Bonchev–Trinajstić information content (AvgIpc) is 1.88. The van der Waals surface area contributed by atoms with Gasteiger partial charge in [-0.25, -0.2) is 4.79 Å². The molecule has 56 valence electrons. The molecule has 0 aromatic rings. The van der Waals surface area contributed by atoms with Crippen LogP contribution in [0.2, 0.25) is 0 Å². The predicted octanol–water partition coefficient (Wildman–Crippen LogP) is -0.499. The summed E-state index contributed by atoms with van der Waals surface area (Å²) in [5.74, 6) is 0. The number of hydrogen-bond acceptors (Lipinski definition) is 5. The maximum absolute atomic E-state index is 10.3. The molecule has 0 atom stereocenters. The number of nitroso groups, excluding NO2 is 1. The van der Waals surface area contributed by atoms with Gasteiger partial charge >= 0.3 is 11.3 Å². The van der Waals surface area contributed by atoms with E-state index in [9.17, 15) is 19.8 Å². The fraction of sp³-hybridized carbons (Fsp3) is 0.500. The molecular weight excluding hydrogens is 144 g/mol. The van der Waals surface area contributed by atoms with Crippen molar-refractivity contribution in [3.05, 3.63) is 15.0 Å². The molecular formula is C2H4N4O4. The largest absolute Gasteiger partial charge is 0.406 e. The van der Waals surface area contributed by atoms with E-state index in [2.05, 4.69) is 0 Å². The first-order chi connectivity index (χ1) is 4.63. The highest BCUT2D eigenvalue weighted by atomic mass is 16.7. The van der Waals surface area contributed by atoms with E-state index >= 15 is 0 Å². The van der Waals surface area contributed by atoms with Gasteiger partial charge in [-0.3, -0.25) is 0 Å². The lowest BCUT2D eigenvalue weighted by Gasteiger charge is -2.00. The normalized spacial score (nSPS) is 8.10. The van der Waals surface area contributed by atoms with E-state index in [1.165, 1.54) is 0 Å². The maximum atomic E-state index is 10.3. The molecule has 0 aliphatic carbocycles. The highest BCUT2D eigenvalue weighted by Gasteiger charge is 2.23. The zero-order valence-electron chi connectivity index (χ0n) is 4.97. The van der Waals surface area contributed by atoms with E-state index in [0.717, 1.165) is 7.05 Å². The molecule has 0 bridgehead atoms. The Hall–Kier alpha value is -1.73. The Kier molecular flexibility index (Phi) is 2.75. The van der Waals surface area contributed by atoms with E-state index in [-0.39, 0.29) is 0 Å². The van der Waals surface area contributed by atoms with Gasteiger partial charge < -0.3 is 15.4 Å². The number of carbonyl (C=O) groups excluding carboxylic acids is 1. The summed E-state index contributed by atoms with van der Waals surface area (Å²) in [5, 5.41) is 11.7. The molecule has 0 saturated heterocycles. The molecule has 0 rings (SSSR count). The second-order valence-electron chi connectivity index (χ2n) is 1.16. The number of rotatable bonds is 2. The van der Waals surface area contributed by atoms with E-state index in [1.807, 2.05) is 10.6 Å². The molecule has 1 N–H and O–H groups in total. The van der Waals surface area contributed by atoms with E-state index in [0.29, 0.717) is 0 Å². The van der Waals surface area contributed by atoms with Gasteiger partial charge in [0.05, 0.1) is 5.03 Å². The lowest BCUT2D eigenvalue weighted by atomic mass is 11.0. The summed E-state index contributed by atoms with van der Waals surface area (Å²) in [7, 11) is 1.14. The van der Waals surface area contributed by atoms with Crippen LogP contribution >= 0.6 is 0 Å². The summed E-state index contributed by atoms with van der Waals surface area (Å²) in [6, 6.07) is -1.18. The molecule has 0 radical (unpaired) electrons. The van der Waals surface area contributed by atoms with Gasteiger partial charge in [0.15, 0.2) is 0 Å². The molecule has 0 fully saturated rings. The number of hydrogen-bond donors (Lipinski definition) is 1. The van der Waals surface area contributed by atoms with Crippen LogP contribution < -0.4 is 5.32 Å². The number of nitrogens with one attached hydrogen (secondary N) is 1. The molecule has 0 saturated carbocycles. The maximum Gasteiger partial charge on any atom is 0.406 e. The van der Waals surface area contributed by atoms with Crippen molar-refractivity contribution >= 4 is 6.03 Å². The van der Waals surface area contributed by atoms with Gasteiger partial charge in [0.25, 0.3) is 0 Å². The molecule has 0 unspecified atom stereocenters. The molecule has 0 aromatic heterocycles. The number of hydrazine groups is 1. The number of nitrogens with zero attached hydrogens (tertiary/aromatic N) is 3. The van der Waals surface area contributed by atoms with Crippen LogP contribution in [0.15, 0.2) is 5.29 Å².